The molecule has 0 fully saturated rings. The zero-order valence-electron chi connectivity index (χ0n) is 12.3. The van der Waals surface area contributed by atoms with Crippen molar-refractivity contribution in [1.29, 1.82) is 0 Å². The van der Waals surface area contributed by atoms with E-state index < -0.39 is 0 Å². The maximum atomic E-state index is 12.8. The van der Waals surface area contributed by atoms with Crippen LogP contribution in [-0.2, 0) is 4.79 Å². The number of hydrogen-bond acceptors (Lipinski definition) is 3. The van der Waals surface area contributed by atoms with E-state index in [1.807, 2.05) is 12.2 Å². The van der Waals surface area contributed by atoms with Crippen LogP contribution in [0.5, 0.6) is 0 Å². The van der Waals surface area contributed by atoms with Gasteiger partial charge in [-0.25, -0.2) is 4.39 Å². The average molecular weight is 305 g/mol. The minimum atomic E-state index is -0.373. The maximum absolute atomic E-state index is 12.8. The van der Waals surface area contributed by atoms with Crippen molar-refractivity contribution in [1.82, 2.24) is 5.32 Å². The summed E-state index contributed by atoms with van der Waals surface area (Å²) in [5, 5.41) is 11.9. The van der Waals surface area contributed by atoms with Crippen molar-refractivity contribution in [3.05, 3.63) is 47.8 Å². The lowest BCUT2D eigenvalue weighted by Gasteiger charge is -2.12. The van der Waals surface area contributed by atoms with Crippen LogP contribution in [0.4, 0.5) is 4.39 Å². The molecule has 2 N–H and O–H groups in total. The van der Waals surface area contributed by atoms with Gasteiger partial charge in [0.1, 0.15) is 5.82 Å². The SMILES string of the molecule is O=C(CCCC(=O)c1ccc(F)cc1)N[C@@H]1C=C[C@H](CO)C1. The normalized spacial score (nSPS) is 20.1. The van der Waals surface area contributed by atoms with Gasteiger partial charge in [0.05, 0.1) is 0 Å². The molecule has 1 aromatic carbocycles. The number of carbonyl (C=O) groups excluding carboxylic acids is 2. The molecule has 22 heavy (non-hydrogen) atoms. The smallest absolute Gasteiger partial charge is 0.220 e. The van der Waals surface area contributed by atoms with Crippen LogP contribution in [0.2, 0.25) is 0 Å². The summed E-state index contributed by atoms with van der Waals surface area (Å²) in [7, 11) is 0. The minimum Gasteiger partial charge on any atom is -0.396 e. The van der Waals surface area contributed by atoms with Gasteiger partial charge in [0.15, 0.2) is 5.78 Å². The van der Waals surface area contributed by atoms with E-state index in [2.05, 4.69) is 5.32 Å². The molecule has 1 aromatic rings. The number of rotatable bonds is 7. The highest BCUT2D eigenvalue weighted by Gasteiger charge is 2.19. The Labute approximate surface area is 129 Å². The lowest BCUT2D eigenvalue weighted by atomic mass is 10.1. The number of halogens is 1. The summed E-state index contributed by atoms with van der Waals surface area (Å²) in [6, 6.07) is 5.39. The van der Waals surface area contributed by atoms with Crippen molar-refractivity contribution in [3.63, 3.8) is 0 Å². The molecule has 0 saturated heterocycles. The Hall–Kier alpha value is -2.01. The minimum absolute atomic E-state index is 0.0301. The first-order chi connectivity index (χ1) is 10.6. The van der Waals surface area contributed by atoms with E-state index in [-0.39, 0.29) is 48.9 Å². The van der Waals surface area contributed by atoms with Gasteiger partial charge in [0, 0.05) is 37.0 Å². The predicted molar refractivity (Wildman–Crippen MR) is 80.8 cm³/mol. The molecule has 0 aromatic heterocycles. The van der Waals surface area contributed by atoms with Gasteiger partial charge < -0.3 is 10.4 Å². The molecule has 1 aliphatic rings. The molecule has 0 unspecified atom stereocenters. The molecule has 1 amide bonds. The van der Waals surface area contributed by atoms with Gasteiger partial charge in [-0.1, -0.05) is 12.2 Å². The van der Waals surface area contributed by atoms with Crippen LogP contribution in [0.15, 0.2) is 36.4 Å². The number of aliphatic hydroxyl groups excluding tert-OH is 1. The van der Waals surface area contributed by atoms with Crippen LogP contribution in [0.3, 0.4) is 0 Å². The summed E-state index contributed by atoms with van der Waals surface area (Å²) in [4.78, 5) is 23.7. The quantitative estimate of drug-likeness (QED) is 0.600. The number of amides is 1. The Balaban J connectivity index is 1.68. The molecule has 0 radical (unpaired) electrons. The molecule has 5 heteroatoms. The second kappa shape index (κ2) is 7.84. The zero-order valence-corrected chi connectivity index (χ0v) is 12.3. The van der Waals surface area contributed by atoms with Crippen LogP contribution in [0.1, 0.15) is 36.0 Å². The summed E-state index contributed by atoms with van der Waals surface area (Å²) in [6.07, 6.45) is 5.52. The lowest BCUT2D eigenvalue weighted by Crippen LogP contribution is -2.32. The Morgan fingerprint density at radius 2 is 1.91 bits per heavy atom. The van der Waals surface area contributed by atoms with Crippen LogP contribution in [0, 0.1) is 11.7 Å². The fraction of sp³-hybridized carbons (Fsp3) is 0.412. The second-order valence-corrected chi connectivity index (χ2v) is 5.52. The molecule has 0 aliphatic heterocycles. The topological polar surface area (TPSA) is 66.4 Å². The van der Waals surface area contributed by atoms with Gasteiger partial charge in [0.25, 0.3) is 0 Å². The predicted octanol–water partition coefficient (Wildman–Crippen LogP) is 2.23. The molecule has 2 atom stereocenters. The largest absolute Gasteiger partial charge is 0.396 e. The van der Waals surface area contributed by atoms with Gasteiger partial charge in [-0.2, -0.15) is 0 Å². The molecular weight excluding hydrogens is 285 g/mol. The van der Waals surface area contributed by atoms with E-state index in [9.17, 15) is 14.0 Å². The van der Waals surface area contributed by atoms with Crippen molar-refractivity contribution in [2.45, 2.75) is 31.7 Å². The summed E-state index contributed by atoms with van der Waals surface area (Å²) < 4.78 is 12.8. The highest BCUT2D eigenvalue weighted by molar-refractivity contribution is 5.96. The first-order valence-electron chi connectivity index (χ1n) is 7.46. The van der Waals surface area contributed by atoms with Crippen molar-refractivity contribution in [3.8, 4) is 0 Å². The van der Waals surface area contributed by atoms with Crippen molar-refractivity contribution in [2.24, 2.45) is 5.92 Å². The summed E-state index contributed by atoms with van der Waals surface area (Å²) in [5.41, 5.74) is 0.464. The van der Waals surface area contributed by atoms with Gasteiger partial charge in [0.2, 0.25) is 5.91 Å². The number of aliphatic hydroxyl groups is 1. The monoisotopic (exact) mass is 305 g/mol. The van der Waals surface area contributed by atoms with Gasteiger partial charge >= 0.3 is 0 Å². The van der Waals surface area contributed by atoms with Crippen LogP contribution in [-0.4, -0.2) is 29.4 Å². The Morgan fingerprint density at radius 1 is 1.18 bits per heavy atom. The van der Waals surface area contributed by atoms with E-state index in [1.54, 1.807) is 0 Å². The van der Waals surface area contributed by atoms with Crippen molar-refractivity contribution in [2.75, 3.05) is 6.61 Å². The van der Waals surface area contributed by atoms with E-state index in [1.165, 1.54) is 24.3 Å². The van der Waals surface area contributed by atoms with Gasteiger partial charge in [-0.15, -0.1) is 0 Å². The molecule has 0 bridgehead atoms. The molecule has 4 nitrogen and oxygen atoms in total. The maximum Gasteiger partial charge on any atom is 0.220 e. The van der Waals surface area contributed by atoms with Gasteiger partial charge in [-0.05, 0) is 37.1 Å². The lowest BCUT2D eigenvalue weighted by molar-refractivity contribution is -0.121. The molecule has 118 valence electrons. The third-order valence-corrected chi connectivity index (χ3v) is 3.73. The highest BCUT2D eigenvalue weighted by atomic mass is 19.1. The summed E-state index contributed by atoms with van der Waals surface area (Å²) >= 11 is 0. The average Bonchev–Trinajstić information content (AvgIpc) is 2.95. The molecule has 2 rings (SSSR count). The Morgan fingerprint density at radius 3 is 2.55 bits per heavy atom. The Kier molecular flexibility index (Phi) is 5.83. The van der Waals surface area contributed by atoms with E-state index >= 15 is 0 Å². The molecule has 0 spiro atoms. The van der Waals surface area contributed by atoms with E-state index in [4.69, 9.17) is 5.11 Å². The van der Waals surface area contributed by atoms with E-state index in [0.29, 0.717) is 12.0 Å². The second-order valence-electron chi connectivity index (χ2n) is 5.52. The standard InChI is InChI=1S/C17H20FNO3/c18-14-7-5-13(6-8-14)16(21)2-1-3-17(22)19-15-9-4-12(10-15)11-20/h4-9,12,15,20H,1-3,10-11H2,(H,19,22)/t12-,15+/m0/s1. The molecule has 1 aliphatic carbocycles. The number of carbonyl (C=O) groups is 2. The van der Waals surface area contributed by atoms with Crippen LogP contribution >= 0.6 is 0 Å². The fourth-order valence-electron chi connectivity index (χ4n) is 2.49. The summed E-state index contributed by atoms with van der Waals surface area (Å²) in [6.45, 7) is 0.0923. The van der Waals surface area contributed by atoms with E-state index in [0.717, 1.165) is 6.42 Å². The summed E-state index contributed by atoms with van der Waals surface area (Å²) in [5.74, 6) is -0.443. The molecule has 0 saturated carbocycles. The van der Waals surface area contributed by atoms with Crippen LogP contribution in [0.25, 0.3) is 0 Å². The van der Waals surface area contributed by atoms with Crippen LogP contribution < -0.4 is 5.32 Å². The molecule has 0 heterocycles. The number of benzene rings is 1. The number of ketones is 1. The third kappa shape index (κ3) is 4.77. The molecular formula is C17H20FNO3. The fourth-order valence-corrected chi connectivity index (χ4v) is 2.49. The first-order valence-corrected chi connectivity index (χ1v) is 7.46. The first kappa shape index (κ1) is 16.4. The number of Topliss-reactive ketones (excluding diaryl/α,β-unsaturated/α-hetero) is 1. The van der Waals surface area contributed by atoms with Crippen molar-refractivity contribution >= 4 is 11.7 Å². The van der Waals surface area contributed by atoms with Gasteiger partial charge in [-0.3, -0.25) is 9.59 Å². The van der Waals surface area contributed by atoms with Crippen molar-refractivity contribution < 1.29 is 19.1 Å². The third-order valence-electron chi connectivity index (χ3n) is 3.73. The number of hydrogen-bond donors (Lipinski definition) is 2. The zero-order chi connectivity index (χ0) is 15.9. The highest BCUT2D eigenvalue weighted by Crippen LogP contribution is 2.17. The number of nitrogens with one attached hydrogen (secondary N) is 1. The Bertz CT molecular complexity index is 554.